The topological polar surface area (TPSA) is 0 Å². The molecule has 0 unspecified atom stereocenters. The molecule has 0 aromatic rings. The predicted molar refractivity (Wildman–Crippen MR) is 46.0 cm³/mol. The van der Waals surface area contributed by atoms with Crippen LogP contribution in [0.5, 0.6) is 0 Å². The van der Waals surface area contributed by atoms with E-state index in [-0.39, 0.29) is 5.83 Å². The molecule has 0 radical (unpaired) electrons. The number of rotatable bonds is 1. The minimum Gasteiger partial charge on any atom is -0.207 e. The second-order valence-electron chi connectivity index (χ2n) is 3.40. The summed E-state index contributed by atoms with van der Waals surface area (Å²) in [5.74, 6) is 0.481. The predicted octanol–water partition coefficient (Wildman–Crippen LogP) is 3.61. The first-order valence-corrected chi connectivity index (χ1v) is 4.18. The molecule has 0 aliphatic heterocycles. The van der Waals surface area contributed by atoms with Crippen molar-refractivity contribution in [2.24, 2.45) is 5.92 Å². The van der Waals surface area contributed by atoms with E-state index in [9.17, 15) is 4.39 Å². The number of hydrogen-bond acceptors (Lipinski definition) is 0. The molecule has 1 aliphatic rings. The first kappa shape index (κ1) is 8.51. The monoisotopic (exact) mass is 154 g/mol. The third kappa shape index (κ3) is 1.70. The summed E-state index contributed by atoms with van der Waals surface area (Å²) in [4.78, 5) is 0. The Balaban J connectivity index is 2.91. The molecule has 0 N–H and O–H groups in total. The molecule has 1 heteroatoms. The highest BCUT2D eigenvalue weighted by Gasteiger charge is 2.13. The number of hydrogen-bond donors (Lipinski definition) is 0. The Bertz CT molecular complexity index is 209. The number of halogens is 1. The normalized spacial score (nSPS) is 19.2. The van der Waals surface area contributed by atoms with Crippen LogP contribution in [0.25, 0.3) is 0 Å². The molecular weight excluding hydrogens is 139 g/mol. The Labute approximate surface area is 67.8 Å². The Morgan fingerprint density at radius 1 is 1.45 bits per heavy atom. The lowest BCUT2D eigenvalue weighted by atomic mass is 9.89. The zero-order chi connectivity index (χ0) is 8.43. The highest BCUT2D eigenvalue weighted by atomic mass is 19.1. The van der Waals surface area contributed by atoms with Crippen LogP contribution in [0.15, 0.2) is 23.0 Å². The van der Waals surface area contributed by atoms with E-state index in [1.165, 1.54) is 5.57 Å². The molecule has 0 saturated heterocycles. The Kier molecular flexibility index (Phi) is 2.48. The smallest absolute Gasteiger partial charge is 0.122 e. The average Bonchev–Trinajstić information content (AvgIpc) is 1.94. The largest absolute Gasteiger partial charge is 0.207 e. The van der Waals surface area contributed by atoms with E-state index in [0.29, 0.717) is 5.92 Å². The van der Waals surface area contributed by atoms with E-state index in [0.717, 1.165) is 18.4 Å². The van der Waals surface area contributed by atoms with Crippen molar-refractivity contribution in [1.29, 1.82) is 0 Å². The Morgan fingerprint density at radius 2 is 2.09 bits per heavy atom. The van der Waals surface area contributed by atoms with E-state index in [1.807, 2.05) is 6.92 Å². The summed E-state index contributed by atoms with van der Waals surface area (Å²) in [6, 6.07) is 0. The van der Waals surface area contributed by atoms with Gasteiger partial charge in [0.15, 0.2) is 0 Å². The van der Waals surface area contributed by atoms with E-state index in [2.05, 4.69) is 13.8 Å². The molecule has 62 valence electrons. The molecule has 0 spiro atoms. The van der Waals surface area contributed by atoms with Gasteiger partial charge in [0.2, 0.25) is 0 Å². The van der Waals surface area contributed by atoms with E-state index >= 15 is 0 Å². The molecule has 11 heavy (non-hydrogen) atoms. The third-order valence-electron chi connectivity index (χ3n) is 2.27. The lowest BCUT2D eigenvalue weighted by Crippen LogP contribution is -2.02. The van der Waals surface area contributed by atoms with Gasteiger partial charge in [-0.05, 0) is 37.3 Å². The first-order valence-electron chi connectivity index (χ1n) is 4.18. The van der Waals surface area contributed by atoms with Gasteiger partial charge in [-0.1, -0.05) is 19.4 Å². The Morgan fingerprint density at radius 3 is 2.55 bits per heavy atom. The molecule has 0 aromatic heterocycles. The fraction of sp³-hybridized carbons (Fsp3) is 0.600. The summed E-state index contributed by atoms with van der Waals surface area (Å²) in [7, 11) is 0. The standard InChI is InChI=1S/C10H15F/c1-7(2)9-5-4-6-10(11)8(9)3/h6-7H,4-5H2,1-3H3. The molecule has 0 aromatic carbocycles. The van der Waals surface area contributed by atoms with Crippen LogP contribution in [0.2, 0.25) is 0 Å². The minimum atomic E-state index is -0.0139. The van der Waals surface area contributed by atoms with Gasteiger partial charge in [-0.3, -0.25) is 0 Å². The van der Waals surface area contributed by atoms with Crippen LogP contribution >= 0.6 is 0 Å². The fourth-order valence-corrected chi connectivity index (χ4v) is 1.57. The van der Waals surface area contributed by atoms with Crippen molar-refractivity contribution in [1.82, 2.24) is 0 Å². The lowest BCUT2D eigenvalue weighted by molar-refractivity contribution is 0.603. The van der Waals surface area contributed by atoms with Crippen molar-refractivity contribution < 1.29 is 4.39 Å². The molecule has 0 bridgehead atoms. The minimum absolute atomic E-state index is 0.0139. The van der Waals surface area contributed by atoms with Crippen molar-refractivity contribution in [3.63, 3.8) is 0 Å². The summed E-state index contributed by atoms with van der Waals surface area (Å²) in [5.41, 5.74) is 2.15. The Hall–Kier alpha value is -0.590. The quantitative estimate of drug-likeness (QED) is 0.541. The van der Waals surface area contributed by atoms with Gasteiger partial charge in [0.25, 0.3) is 0 Å². The zero-order valence-corrected chi connectivity index (χ0v) is 7.45. The van der Waals surface area contributed by atoms with Crippen LogP contribution in [0.4, 0.5) is 4.39 Å². The summed E-state index contributed by atoms with van der Waals surface area (Å²) >= 11 is 0. The average molecular weight is 154 g/mol. The molecular formula is C10H15F. The zero-order valence-electron chi connectivity index (χ0n) is 7.45. The maximum Gasteiger partial charge on any atom is 0.122 e. The fourth-order valence-electron chi connectivity index (χ4n) is 1.57. The van der Waals surface area contributed by atoms with Crippen LogP contribution in [-0.2, 0) is 0 Å². The molecule has 0 amide bonds. The van der Waals surface area contributed by atoms with Crippen LogP contribution in [-0.4, -0.2) is 0 Å². The highest BCUT2D eigenvalue weighted by Crippen LogP contribution is 2.30. The van der Waals surface area contributed by atoms with Crippen molar-refractivity contribution in [2.75, 3.05) is 0 Å². The second-order valence-corrected chi connectivity index (χ2v) is 3.40. The second kappa shape index (κ2) is 3.21. The van der Waals surface area contributed by atoms with Gasteiger partial charge in [0.05, 0.1) is 0 Å². The van der Waals surface area contributed by atoms with Crippen molar-refractivity contribution in [3.05, 3.63) is 23.0 Å². The van der Waals surface area contributed by atoms with Crippen LogP contribution in [0.3, 0.4) is 0 Å². The maximum absolute atomic E-state index is 13.0. The molecule has 0 atom stereocenters. The van der Waals surface area contributed by atoms with E-state index in [1.54, 1.807) is 6.08 Å². The summed E-state index contributed by atoms with van der Waals surface area (Å²) in [6.45, 7) is 6.12. The van der Waals surface area contributed by atoms with Gasteiger partial charge in [0.1, 0.15) is 5.83 Å². The van der Waals surface area contributed by atoms with Gasteiger partial charge in [0, 0.05) is 0 Å². The van der Waals surface area contributed by atoms with Crippen LogP contribution < -0.4 is 0 Å². The van der Waals surface area contributed by atoms with Crippen molar-refractivity contribution in [3.8, 4) is 0 Å². The van der Waals surface area contributed by atoms with Crippen molar-refractivity contribution >= 4 is 0 Å². The van der Waals surface area contributed by atoms with Gasteiger partial charge in [-0.15, -0.1) is 0 Å². The summed E-state index contributed by atoms with van der Waals surface area (Å²) in [6.07, 6.45) is 3.59. The van der Waals surface area contributed by atoms with E-state index in [4.69, 9.17) is 0 Å². The molecule has 0 fully saturated rings. The molecule has 1 rings (SSSR count). The first-order chi connectivity index (χ1) is 5.13. The van der Waals surface area contributed by atoms with Crippen molar-refractivity contribution in [2.45, 2.75) is 33.6 Å². The van der Waals surface area contributed by atoms with Gasteiger partial charge in [-0.2, -0.15) is 0 Å². The van der Waals surface area contributed by atoms with Gasteiger partial charge < -0.3 is 0 Å². The summed E-state index contributed by atoms with van der Waals surface area (Å²) in [5, 5.41) is 0. The third-order valence-corrected chi connectivity index (χ3v) is 2.27. The molecule has 0 saturated carbocycles. The highest BCUT2D eigenvalue weighted by molar-refractivity contribution is 5.33. The maximum atomic E-state index is 13.0. The molecule has 0 nitrogen and oxygen atoms in total. The van der Waals surface area contributed by atoms with Crippen LogP contribution in [0, 0.1) is 5.92 Å². The number of allylic oxidation sites excluding steroid dienone is 4. The SMILES string of the molecule is CC1=C(C(C)C)CCC=C1F. The van der Waals surface area contributed by atoms with E-state index < -0.39 is 0 Å². The lowest BCUT2D eigenvalue weighted by Gasteiger charge is -2.17. The van der Waals surface area contributed by atoms with Gasteiger partial charge >= 0.3 is 0 Å². The van der Waals surface area contributed by atoms with Crippen LogP contribution in [0.1, 0.15) is 33.6 Å². The molecule has 0 heterocycles. The summed E-state index contributed by atoms with van der Waals surface area (Å²) < 4.78 is 13.0. The molecule has 1 aliphatic carbocycles. The van der Waals surface area contributed by atoms with Gasteiger partial charge in [-0.25, -0.2) is 4.39 Å².